The van der Waals surface area contributed by atoms with Gasteiger partial charge >= 0.3 is 6.18 Å². The number of carbonyl (C=O) groups is 1. The molecule has 0 saturated carbocycles. The standard InChI is InChI=1S/C13H12F4N2O/c1-7(8-5-18-6-8)12(20)19-11-4-9(13(15,16)17)2-3-10(11)14/h2-4,18H,5-6H2,1H3,(H,19,20). The Hall–Kier alpha value is -1.89. The van der Waals surface area contributed by atoms with Crippen LogP contribution in [0.2, 0.25) is 0 Å². The number of hydrogen-bond acceptors (Lipinski definition) is 2. The highest BCUT2D eigenvalue weighted by Gasteiger charge is 2.31. The summed E-state index contributed by atoms with van der Waals surface area (Å²) in [6.45, 7) is 2.67. The number of benzene rings is 1. The van der Waals surface area contributed by atoms with Gasteiger partial charge in [0.2, 0.25) is 0 Å². The zero-order chi connectivity index (χ0) is 14.9. The van der Waals surface area contributed by atoms with Crippen molar-refractivity contribution >= 4 is 11.6 Å². The lowest BCUT2D eigenvalue weighted by Crippen LogP contribution is -2.36. The third-order valence-electron chi connectivity index (χ3n) is 3.09. The maximum atomic E-state index is 13.5. The molecule has 2 N–H and O–H groups in total. The van der Waals surface area contributed by atoms with Crippen molar-refractivity contribution < 1.29 is 22.4 Å². The summed E-state index contributed by atoms with van der Waals surface area (Å²) in [6.07, 6.45) is -4.58. The third kappa shape index (κ3) is 2.98. The van der Waals surface area contributed by atoms with Crippen LogP contribution >= 0.6 is 0 Å². The predicted octanol–water partition coefficient (Wildman–Crippen LogP) is 2.70. The average molecular weight is 288 g/mol. The lowest BCUT2D eigenvalue weighted by Gasteiger charge is -2.21. The maximum Gasteiger partial charge on any atom is 0.416 e. The molecule has 0 atom stereocenters. The van der Waals surface area contributed by atoms with Crippen molar-refractivity contribution in [2.75, 3.05) is 18.4 Å². The number of halogens is 4. The quantitative estimate of drug-likeness (QED) is 0.649. The summed E-state index contributed by atoms with van der Waals surface area (Å²) in [6, 6.07) is 1.90. The summed E-state index contributed by atoms with van der Waals surface area (Å²) in [5.74, 6) is -1.50. The van der Waals surface area contributed by atoms with E-state index in [4.69, 9.17) is 0 Å². The molecule has 1 saturated heterocycles. The molecule has 3 nitrogen and oxygen atoms in total. The van der Waals surface area contributed by atoms with Crippen molar-refractivity contribution in [1.82, 2.24) is 5.32 Å². The third-order valence-corrected chi connectivity index (χ3v) is 3.09. The van der Waals surface area contributed by atoms with Gasteiger partial charge in [0.25, 0.3) is 5.91 Å². The van der Waals surface area contributed by atoms with Gasteiger partial charge in [-0.25, -0.2) is 4.39 Å². The zero-order valence-electron chi connectivity index (χ0n) is 10.6. The number of amides is 1. The molecule has 1 aliphatic rings. The van der Waals surface area contributed by atoms with E-state index < -0.39 is 29.2 Å². The van der Waals surface area contributed by atoms with Crippen LogP contribution in [0.4, 0.5) is 23.2 Å². The molecule has 0 radical (unpaired) electrons. The Morgan fingerprint density at radius 1 is 1.30 bits per heavy atom. The van der Waals surface area contributed by atoms with Gasteiger partial charge in [-0.15, -0.1) is 0 Å². The Morgan fingerprint density at radius 2 is 1.95 bits per heavy atom. The van der Waals surface area contributed by atoms with Crippen molar-refractivity contribution in [3.8, 4) is 0 Å². The van der Waals surface area contributed by atoms with Crippen molar-refractivity contribution in [1.29, 1.82) is 0 Å². The van der Waals surface area contributed by atoms with Crippen LogP contribution < -0.4 is 10.6 Å². The van der Waals surface area contributed by atoms with Crippen LogP contribution in [0, 0.1) is 5.82 Å². The van der Waals surface area contributed by atoms with Gasteiger partial charge in [-0.2, -0.15) is 13.2 Å². The first-order chi connectivity index (χ1) is 9.29. The number of carbonyl (C=O) groups excluding carboxylic acids is 1. The van der Waals surface area contributed by atoms with Crippen LogP contribution in [0.3, 0.4) is 0 Å². The molecule has 2 rings (SSSR count). The molecule has 0 spiro atoms. The van der Waals surface area contributed by atoms with E-state index in [9.17, 15) is 22.4 Å². The van der Waals surface area contributed by atoms with E-state index in [0.717, 1.165) is 5.57 Å². The highest BCUT2D eigenvalue weighted by Crippen LogP contribution is 2.32. The van der Waals surface area contributed by atoms with Gasteiger partial charge in [-0.1, -0.05) is 0 Å². The number of anilines is 1. The summed E-state index contributed by atoms with van der Waals surface area (Å²) in [4.78, 5) is 11.8. The first kappa shape index (κ1) is 14.5. The minimum Gasteiger partial charge on any atom is -0.320 e. The Kier molecular flexibility index (Phi) is 3.80. The van der Waals surface area contributed by atoms with Gasteiger partial charge in [0.15, 0.2) is 0 Å². The highest BCUT2D eigenvalue weighted by atomic mass is 19.4. The van der Waals surface area contributed by atoms with E-state index in [1.165, 1.54) is 0 Å². The molecular weight excluding hydrogens is 276 g/mol. The lowest BCUT2D eigenvalue weighted by atomic mass is 10.0. The van der Waals surface area contributed by atoms with Gasteiger partial charge in [-0.3, -0.25) is 4.79 Å². The molecule has 1 fully saturated rings. The van der Waals surface area contributed by atoms with E-state index in [0.29, 0.717) is 36.9 Å². The summed E-state index contributed by atoms with van der Waals surface area (Å²) >= 11 is 0. The van der Waals surface area contributed by atoms with E-state index >= 15 is 0 Å². The monoisotopic (exact) mass is 288 g/mol. The lowest BCUT2D eigenvalue weighted by molar-refractivity contribution is -0.137. The number of rotatable bonds is 2. The van der Waals surface area contributed by atoms with E-state index in [2.05, 4.69) is 10.6 Å². The molecule has 7 heteroatoms. The molecule has 1 aliphatic heterocycles. The fourth-order valence-electron chi connectivity index (χ4n) is 1.69. The van der Waals surface area contributed by atoms with Crippen molar-refractivity contribution in [3.05, 3.63) is 40.7 Å². The molecule has 0 bridgehead atoms. The SMILES string of the molecule is CC(C(=O)Nc1cc(C(F)(F)F)ccc1F)=C1CNC1. The highest BCUT2D eigenvalue weighted by molar-refractivity contribution is 6.04. The Labute approximate surface area is 112 Å². The molecule has 0 aliphatic carbocycles. The molecule has 108 valence electrons. The summed E-state index contributed by atoms with van der Waals surface area (Å²) < 4.78 is 51.1. The molecule has 1 heterocycles. The molecule has 0 unspecified atom stereocenters. The fourth-order valence-corrected chi connectivity index (χ4v) is 1.69. The van der Waals surface area contributed by atoms with Crippen LogP contribution in [0.15, 0.2) is 29.3 Å². The Bertz CT molecular complexity index is 572. The van der Waals surface area contributed by atoms with Gasteiger partial charge in [-0.05, 0) is 30.7 Å². The minimum atomic E-state index is -4.58. The van der Waals surface area contributed by atoms with Crippen LogP contribution in [0.5, 0.6) is 0 Å². The number of hydrogen-bond donors (Lipinski definition) is 2. The van der Waals surface area contributed by atoms with Gasteiger partial charge in [0, 0.05) is 18.7 Å². The molecule has 1 aromatic carbocycles. The zero-order valence-corrected chi connectivity index (χ0v) is 10.6. The molecule has 1 aromatic rings. The predicted molar refractivity (Wildman–Crippen MR) is 65.6 cm³/mol. The second kappa shape index (κ2) is 5.24. The second-order valence-corrected chi connectivity index (χ2v) is 4.48. The first-order valence-corrected chi connectivity index (χ1v) is 5.86. The molecular formula is C13H12F4N2O. The molecule has 1 amide bonds. The van der Waals surface area contributed by atoms with E-state index in [1.807, 2.05) is 0 Å². The fraction of sp³-hybridized carbons (Fsp3) is 0.308. The second-order valence-electron chi connectivity index (χ2n) is 4.48. The van der Waals surface area contributed by atoms with Gasteiger partial charge in [0.05, 0.1) is 11.3 Å². The summed E-state index contributed by atoms with van der Waals surface area (Å²) in [5.41, 5.74) is -0.239. The Morgan fingerprint density at radius 3 is 2.45 bits per heavy atom. The topological polar surface area (TPSA) is 41.1 Å². The van der Waals surface area contributed by atoms with Crippen molar-refractivity contribution in [3.63, 3.8) is 0 Å². The van der Waals surface area contributed by atoms with E-state index in [-0.39, 0.29) is 0 Å². The van der Waals surface area contributed by atoms with Crippen LogP contribution in [0.1, 0.15) is 12.5 Å². The minimum absolute atomic E-state index is 0.389. The molecule has 20 heavy (non-hydrogen) atoms. The number of alkyl halides is 3. The van der Waals surface area contributed by atoms with Crippen molar-refractivity contribution in [2.24, 2.45) is 0 Å². The summed E-state index contributed by atoms with van der Waals surface area (Å²) in [7, 11) is 0. The average Bonchev–Trinajstić information content (AvgIpc) is 2.28. The summed E-state index contributed by atoms with van der Waals surface area (Å²) in [5, 5.41) is 5.11. The van der Waals surface area contributed by atoms with Crippen LogP contribution in [-0.2, 0) is 11.0 Å². The number of nitrogens with one attached hydrogen (secondary N) is 2. The first-order valence-electron chi connectivity index (χ1n) is 5.86. The molecule has 0 aromatic heterocycles. The van der Waals surface area contributed by atoms with Gasteiger partial charge < -0.3 is 10.6 Å². The van der Waals surface area contributed by atoms with E-state index in [1.54, 1.807) is 6.92 Å². The maximum absolute atomic E-state index is 13.5. The van der Waals surface area contributed by atoms with Gasteiger partial charge in [0.1, 0.15) is 5.82 Å². The Balaban J connectivity index is 2.23. The van der Waals surface area contributed by atoms with Crippen LogP contribution in [-0.4, -0.2) is 19.0 Å². The smallest absolute Gasteiger partial charge is 0.320 e. The van der Waals surface area contributed by atoms with Crippen LogP contribution in [0.25, 0.3) is 0 Å². The normalized spacial score (nSPS) is 14.8. The van der Waals surface area contributed by atoms with Crippen molar-refractivity contribution in [2.45, 2.75) is 13.1 Å². The largest absolute Gasteiger partial charge is 0.416 e.